The molecule has 1 fully saturated rings. The van der Waals surface area contributed by atoms with E-state index in [0.717, 1.165) is 5.69 Å². The number of carboxylic acids is 1. The molecule has 2 amide bonds. The highest BCUT2D eigenvalue weighted by atomic mass is 16.5. The van der Waals surface area contributed by atoms with Gasteiger partial charge in [0.25, 0.3) is 0 Å². The first-order valence-corrected chi connectivity index (χ1v) is 6.39. The van der Waals surface area contributed by atoms with Crippen molar-refractivity contribution in [2.45, 2.75) is 19.0 Å². The number of urea groups is 1. The number of aliphatic carboxylic acids is 1. The summed E-state index contributed by atoms with van der Waals surface area (Å²) in [5, 5.41) is 15.6. The van der Waals surface area contributed by atoms with Crippen LogP contribution in [0.3, 0.4) is 0 Å². The molecule has 0 radical (unpaired) electrons. The fourth-order valence-corrected chi connectivity index (χ4v) is 2.14. The van der Waals surface area contributed by atoms with Gasteiger partial charge in [-0.05, 0) is 6.07 Å². The second-order valence-electron chi connectivity index (χ2n) is 4.62. The zero-order valence-corrected chi connectivity index (χ0v) is 11.3. The molecule has 20 heavy (non-hydrogen) atoms. The minimum atomic E-state index is -0.940. The van der Waals surface area contributed by atoms with Crippen LogP contribution in [0.5, 0.6) is 0 Å². The van der Waals surface area contributed by atoms with Crippen molar-refractivity contribution in [3.05, 3.63) is 18.0 Å². The average Bonchev–Trinajstić information content (AvgIpc) is 2.81. The van der Waals surface area contributed by atoms with Crippen molar-refractivity contribution in [3.8, 4) is 0 Å². The number of carboxylic acid groups (broad SMARTS) is 1. The summed E-state index contributed by atoms with van der Waals surface area (Å²) in [5.41, 5.74) is 0.876. The van der Waals surface area contributed by atoms with Crippen LogP contribution in [0, 0.1) is 0 Å². The fourth-order valence-electron chi connectivity index (χ4n) is 2.14. The number of carbonyl (C=O) groups is 2. The zero-order valence-electron chi connectivity index (χ0n) is 11.3. The topological polar surface area (TPSA) is 96.7 Å². The number of morpholine rings is 1. The van der Waals surface area contributed by atoms with Crippen LogP contribution in [0.4, 0.5) is 4.79 Å². The molecular formula is C12H18N4O4. The zero-order chi connectivity index (χ0) is 14.5. The van der Waals surface area contributed by atoms with E-state index in [2.05, 4.69) is 10.4 Å². The summed E-state index contributed by atoms with van der Waals surface area (Å²) in [5.74, 6) is -0.940. The summed E-state index contributed by atoms with van der Waals surface area (Å²) >= 11 is 0. The highest BCUT2D eigenvalue weighted by Crippen LogP contribution is 2.11. The molecule has 1 aromatic rings. The number of hydrogen-bond donors (Lipinski definition) is 2. The van der Waals surface area contributed by atoms with Crippen LogP contribution < -0.4 is 5.32 Å². The molecule has 2 rings (SSSR count). The van der Waals surface area contributed by atoms with Gasteiger partial charge in [0.2, 0.25) is 0 Å². The molecular weight excluding hydrogens is 264 g/mol. The number of hydrogen-bond acceptors (Lipinski definition) is 4. The van der Waals surface area contributed by atoms with Crippen molar-refractivity contribution in [1.82, 2.24) is 20.0 Å². The molecule has 8 heteroatoms. The summed E-state index contributed by atoms with van der Waals surface area (Å²) in [7, 11) is 1.80. The molecule has 1 aromatic heterocycles. The van der Waals surface area contributed by atoms with Crippen molar-refractivity contribution in [3.63, 3.8) is 0 Å². The van der Waals surface area contributed by atoms with Gasteiger partial charge in [0.05, 0.1) is 37.9 Å². The van der Waals surface area contributed by atoms with Gasteiger partial charge >= 0.3 is 12.0 Å². The predicted octanol–water partition coefficient (Wildman–Crippen LogP) is -0.195. The van der Waals surface area contributed by atoms with E-state index in [0.29, 0.717) is 19.7 Å². The molecule has 8 nitrogen and oxygen atoms in total. The molecule has 2 heterocycles. The van der Waals surface area contributed by atoms with Gasteiger partial charge in [-0.1, -0.05) is 0 Å². The van der Waals surface area contributed by atoms with Crippen LogP contribution in [0.1, 0.15) is 12.1 Å². The van der Waals surface area contributed by atoms with E-state index in [-0.39, 0.29) is 19.1 Å². The van der Waals surface area contributed by atoms with Gasteiger partial charge in [-0.25, -0.2) is 4.79 Å². The maximum atomic E-state index is 12.1. The number of aromatic nitrogens is 2. The first-order valence-electron chi connectivity index (χ1n) is 6.39. The Morgan fingerprint density at radius 1 is 1.60 bits per heavy atom. The van der Waals surface area contributed by atoms with Gasteiger partial charge < -0.3 is 20.1 Å². The average molecular weight is 282 g/mol. The third kappa shape index (κ3) is 3.47. The minimum absolute atomic E-state index is 0.112. The molecule has 0 aliphatic carbocycles. The molecule has 2 N–H and O–H groups in total. The van der Waals surface area contributed by atoms with Gasteiger partial charge in [-0.3, -0.25) is 9.48 Å². The van der Waals surface area contributed by atoms with E-state index in [1.54, 1.807) is 17.9 Å². The van der Waals surface area contributed by atoms with Crippen molar-refractivity contribution in [1.29, 1.82) is 0 Å². The highest BCUT2D eigenvalue weighted by molar-refractivity contribution is 5.76. The molecule has 1 saturated heterocycles. The van der Waals surface area contributed by atoms with Gasteiger partial charge in [-0.2, -0.15) is 5.10 Å². The number of carbonyl (C=O) groups excluding carboxylic acids is 1. The Balaban J connectivity index is 1.92. The standard InChI is InChI=1S/C12H18N4O4/c1-15-9(2-3-14-15)7-13-12(19)16-4-5-20-8-10(16)6-11(17)18/h2-3,10H,4-8H2,1H3,(H,13,19)(H,17,18). The second-order valence-corrected chi connectivity index (χ2v) is 4.62. The van der Waals surface area contributed by atoms with Crippen LogP contribution >= 0.6 is 0 Å². The Labute approximate surface area is 116 Å². The van der Waals surface area contributed by atoms with Gasteiger partial charge in [0.1, 0.15) is 0 Å². The molecule has 1 atom stereocenters. The number of aryl methyl sites for hydroxylation is 1. The summed E-state index contributed by atoms with van der Waals surface area (Å²) < 4.78 is 6.91. The van der Waals surface area contributed by atoms with Gasteiger partial charge in [-0.15, -0.1) is 0 Å². The molecule has 110 valence electrons. The summed E-state index contributed by atoms with van der Waals surface area (Å²) in [6.07, 6.45) is 1.54. The molecule has 0 saturated carbocycles. The predicted molar refractivity (Wildman–Crippen MR) is 69.0 cm³/mol. The van der Waals surface area contributed by atoms with Gasteiger partial charge in [0, 0.05) is 19.8 Å². The third-order valence-corrected chi connectivity index (χ3v) is 3.24. The maximum absolute atomic E-state index is 12.1. The molecule has 1 aliphatic heterocycles. The van der Waals surface area contributed by atoms with Crippen molar-refractivity contribution < 1.29 is 19.4 Å². The monoisotopic (exact) mass is 282 g/mol. The number of nitrogens with one attached hydrogen (secondary N) is 1. The largest absolute Gasteiger partial charge is 0.481 e. The van der Waals surface area contributed by atoms with Crippen LogP contribution in [-0.4, -0.2) is 57.6 Å². The lowest BCUT2D eigenvalue weighted by Crippen LogP contribution is -2.53. The van der Waals surface area contributed by atoms with Crippen LogP contribution in [0.15, 0.2) is 12.3 Å². The molecule has 1 unspecified atom stereocenters. The summed E-state index contributed by atoms with van der Waals surface area (Å²) in [4.78, 5) is 24.5. The van der Waals surface area contributed by atoms with E-state index in [1.807, 2.05) is 6.07 Å². The SMILES string of the molecule is Cn1nccc1CNC(=O)N1CCOCC1CC(=O)O. The van der Waals surface area contributed by atoms with Crippen LogP contribution in [0.25, 0.3) is 0 Å². The van der Waals surface area contributed by atoms with Crippen molar-refractivity contribution in [2.24, 2.45) is 7.05 Å². The number of amides is 2. The smallest absolute Gasteiger partial charge is 0.318 e. The Morgan fingerprint density at radius 2 is 2.40 bits per heavy atom. The Morgan fingerprint density at radius 3 is 3.05 bits per heavy atom. The maximum Gasteiger partial charge on any atom is 0.318 e. The first-order chi connectivity index (χ1) is 9.58. The Hall–Kier alpha value is -2.09. The number of rotatable bonds is 4. The molecule has 0 aromatic carbocycles. The number of ether oxygens (including phenoxy) is 1. The van der Waals surface area contributed by atoms with Crippen molar-refractivity contribution >= 4 is 12.0 Å². The van der Waals surface area contributed by atoms with Crippen molar-refractivity contribution in [2.75, 3.05) is 19.8 Å². The summed E-state index contributed by atoms with van der Waals surface area (Å²) in [6, 6.07) is 1.11. The lowest BCUT2D eigenvalue weighted by Gasteiger charge is -2.34. The van der Waals surface area contributed by atoms with Crippen LogP contribution in [0.2, 0.25) is 0 Å². The van der Waals surface area contributed by atoms with E-state index < -0.39 is 12.0 Å². The second kappa shape index (κ2) is 6.38. The summed E-state index contributed by atoms with van der Waals surface area (Å²) in [6.45, 7) is 1.43. The van der Waals surface area contributed by atoms with E-state index >= 15 is 0 Å². The fraction of sp³-hybridized carbons (Fsp3) is 0.583. The lowest BCUT2D eigenvalue weighted by molar-refractivity contribution is -0.139. The van der Waals surface area contributed by atoms with E-state index in [9.17, 15) is 9.59 Å². The van der Waals surface area contributed by atoms with Gasteiger partial charge in [0.15, 0.2) is 0 Å². The van der Waals surface area contributed by atoms with Crippen LogP contribution in [-0.2, 0) is 23.1 Å². The molecule has 0 bridgehead atoms. The quantitative estimate of drug-likeness (QED) is 0.797. The highest BCUT2D eigenvalue weighted by Gasteiger charge is 2.29. The normalized spacial score (nSPS) is 18.9. The first kappa shape index (κ1) is 14.3. The Kier molecular flexibility index (Phi) is 4.57. The van der Waals surface area contributed by atoms with E-state index in [4.69, 9.17) is 9.84 Å². The molecule has 0 spiro atoms. The lowest BCUT2D eigenvalue weighted by atomic mass is 10.1. The third-order valence-electron chi connectivity index (χ3n) is 3.24. The van der Waals surface area contributed by atoms with E-state index in [1.165, 1.54) is 4.90 Å². The molecule has 1 aliphatic rings. The number of nitrogens with zero attached hydrogens (tertiary/aromatic N) is 3. The minimum Gasteiger partial charge on any atom is -0.481 e. The Bertz CT molecular complexity index is 488.